The van der Waals surface area contributed by atoms with E-state index in [0.717, 1.165) is 24.1 Å². The van der Waals surface area contributed by atoms with Gasteiger partial charge in [0.2, 0.25) is 5.91 Å². The lowest BCUT2D eigenvalue weighted by Crippen LogP contribution is -3.03. The topological polar surface area (TPSA) is 74.8 Å². The van der Waals surface area contributed by atoms with Crippen LogP contribution in [0.25, 0.3) is 0 Å². The first-order valence-electron chi connectivity index (χ1n) is 8.55. The molecule has 5 heteroatoms. The zero-order valence-electron chi connectivity index (χ0n) is 13.9. The maximum absolute atomic E-state index is 12.3. The number of nitrogens with two attached hydrogens (primary N) is 1. The third kappa shape index (κ3) is 3.72. The molecule has 0 aromatic heterocycles. The minimum absolute atomic E-state index is 0.00314. The quantitative estimate of drug-likeness (QED) is 0.778. The van der Waals surface area contributed by atoms with Crippen LogP contribution in [0, 0.1) is 13.8 Å². The molecule has 2 amide bonds. The Morgan fingerprint density at radius 1 is 1.26 bits per heavy atom. The Hall–Kier alpha value is -1.88. The van der Waals surface area contributed by atoms with Crippen molar-refractivity contribution in [2.45, 2.75) is 64.1 Å². The molecule has 23 heavy (non-hydrogen) atoms. The molecule has 124 valence electrons. The molecule has 1 saturated heterocycles. The van der Waals surface area contributed by atoms with Crippen molar-refractivity contribution in [3.05, 3.63) is 29.3 Å². The van der Waals surface area contributed by atoms with Gasteiger partial charge < -0.3 is 16.0 Å². The Labute approximate surface area is 137 Å². The number of benzene rings is 1. The fraction of sp³-hybridized carbons (Fsp3) is 0.556. The largest absolute Gasteiger partial charge is 0.342 e. The van der Waals surface area contributed by atoms with Crippen molar-refractivity contribution < 1.29 is 14.9 Å². The van der Waals surface area contributed by atoms with Crippen molar-refractivity contribution in [1.29, 1.82) is 0 Å². The zero-order chi connectivity index (χ0) is 16.4. The Balaban J connectivity index is 1.58. The van der Waals surface area contributed by atoms with E-state index in [4.69, 9.17) is 0 Å². The van der Waals surface area contributed by atoms with Crippen LogP contribution in [0.15, 0.2) is 18.2 Å². The summed E-state index contributed by atoms with van der Waals surface area (Å²) in [6.07, 6.45) is 4.82. The van der Waals surface area contributed by atoms with Gasteiger partial charge in [-0.2, -0.15) is 0 Å². The first kappa shape index (κ1) is 16.0. The van der Waals surface area contributed by atoms with Gasteiger partial charge >= 0.3 is 0 Å². The molecule has 1 aromatic rings. The molecule has 0 bridgehead atoms. The lowest BCUT2D eigenvalue weighted by molar-refractivity contribution is -0.718. The van der Waals surface area contributed by atoms with E-state index in [2.05, 4.69) is 16.0 Å². The summed E-state index contributed by atoms with van der Waals surface area (Å²) in [5.74, 6) is -0.0951. The van der Waals surface area contributed by atoms with E-state index < -0.39 is 0 Å². The molecule has 1 heterocycles. The molecule has 1 saturated carbocycles. The Morgan fingerprint density at radius 3 is 2.83 bits per heavy atom. The van der Waals surface area contributed by atoms with E-state index in [1.807, 2.05) is 32.0 Å². The third-order valence-electron chi connectivity index (χ3n) is 5.16. The first-order chi connectivity index (χ1) is 11.0. The second kappa shape index (κ2) is 6.71. The highest BCUT2D eigenvalue weighted by Crippen LogP contribution is 2.19. The summed E-state index contributed by atoms with van der Waals surface area (Å²) in [6, 6.07) is 6.28. The monoisotopic (exact) mass is 316 g/mol. The van der Waals surface area contributed by atoms with Crippen molar-refractivity contribution >= 4 is 17.5 Å². The van der Waals surface area contributed by atoms with E-state index in [-0.39, 0.29) is 30.3 Å². The van der Waals surface area contributed by atoms with Gasteiger partial charge in [0.25, 0.3) is 5.91 Å². The molecule has 5 nitrogen and oxygen atoms in total. The minimum Gasteiger partial charge on any atom is -0.342 e. The van der Waals surface area contributed by atoms with Gasteiger partial charge in [-0.1, -0.05) is 12.5 Å². The molecule has 2 aliphatic rings. The number of aryl methyl sites for hydroxylation is 2. The van der Waals surface area contributed by atoms with Gasteiger partial charge in [-0.3, -0.25) is 9.59 Å². The second-order valence-electron chi connectivity index (χ2n) is 6.91. The van der Waals surface area contributed by atoms with Crippen molar-refractivity contribution in [2.24, 2.45) is 0 Å². The summed E-state index contributed by atoms with van der Waals surface area (Å²) in [7, 11) is 0. The number of piperazine rings is 1. The SMILES string of the molecule is Cc1ccc(NC(=O)C[C@@H]2[NH2+][C@H]3CCCC[C@H]3NC2=O)cc1C. The highest BCUT2D eigenvalue weighted by atomic mass is 16.2. The standard InChI is InChI=1S/C18H25N3O2/c1-11-7-8-13(9-12(11)2)19-17(22)10-16-18(23)21-15-6-4-3-5-14(15)20-16/h7-9,14-16,20H,3-6,10H2,1-2H3,(H,19,22)(H,21,23)/p+1/t14-,15+,16-/m0/s1. The number of rotatable bonds is 3. The summed E-state index contributed by atoms with van der Waals surface area (Å²) >= 11 is 0. The van der Waals surface area contributed by atoms with E-state index in [1.54, 1.807) is 0 Å². The van der Waals surface area contributed by atoms with E-state index in [1.165, 1.54) is 18.4 Å². The fourth-order valence-electron chi connectivity index (χ4n) is 3.64. The maximum Gasteiger partial charge on any atom is 0.279 e. The molecule has 0 radical (unpaired) electrons. The number of nitrogens with one attached hydrogen (secondary N) is 2. The van der Waals surface area contributed by atoms with Gasteiger partial charge in [0.15, 0.2) is 6.04 Å². The van der Waals surface area contributed by atoms with Crippen LogP contribution in [0.2, 0.25) is 0 Å². The smallest absolute Gasteiger partial charge is 0.279 e. The predicted molar refractivity (Wildman–Crippen MR) is 89.1 cm³/mol. The normalized spacial score (nSPS) is 27.0. The second-order valence-corrected chi connectivity index (χ2v) is 6.91. The molecule has 0 spiro atoms. The lowest BCUT2D eigenvalue weighted by Gasteiger charge is -2.37. The van der Waals surface area contributed by atoms with Crippen LogP contribution in [-0.2, 0) is 9.59 Å². The molecule has 1 aliphatic carbocycles. The van der Waals surface area contributed by atoms with Crippen LogP contribution in [0.1, 0.15) is 43.2 Å². The van der Waals surface area contributed by atoms with Crippen molar-refractivity contribution in [3.63, 3.8) is 0 Å². The molecule has 1 aromatic carbocycles. The Bertz CT molecular complexity index is 614. The van der Waals surface area contributed by atoms with Gasteiger partial charge in [-0.15, -0.1) is 0 Å². The molecular formula is C18H26N3O2+. The predicted octanol–water partition coefficient (Wildman–Crippen LogP) is 1.01. The van der Waals surface area contributed by atoms with Crippen molar-refractivity contribution in [1.82, 2.24) is 5.32 Å². The van der Waals surface area contributed by atoms with E-state index >= 15 is 0 Å². The molecule has 1 aliphatic heterocycles. The van der Waals surface area contributed by atoms with Crippen molar-refractivity contribution in [2.75, 3.05) is 5.32 Å². The maximum atomic E-state index is 12.3. The summed E-state index contributed by atoms with van der Waals surface area (Å²) in [4.78, 5) is 24.5. The van der Waals surface area contributed by atoms with Crippen LogP contribution in [0.4, 0.5) is 5.69 Å². The van der Waals surface area contributed by atoms with Gasteiger partial charge in [0.1, 0.15) is 6.04 Å². The average Bonchev–Trinajstić information content (AvgIpc) is 2.51. The highest BCUT2D eigenvalue weighted by Gasteiger charge is 2.40. The fourth-order valence-corrected chi connectivity index (χ4v) is 3.64. The summed E-state index contributed by atoms with van der Waals surface area (Å²) in [5, 5.41) is 8.13. The number of quaternary nitrogens is 1. The number of anilines is 1. The summed E-state index contributed by atoms with van der Waals surface area (Å²) < 4.78 is 0. The number of carbonyl (C=O) groups is 2. The van der Waals surface area contributed by atoms with Gasteiger partial charge in [0, 0.05) is 12.1 Å². The van der Waals surface area contributed by atoms with Gasteiger partial charge in [-0.25, -0.2) is 0 Å². The number of amides is 2. The molecular weight excluding hydrogens is 290 g/mol. The number of hydrogen-bond acceptors (Lipinski definition) is 2. The van der Waals surface area contributed by atoms with Gasteiger partial charge in [-0.05, 0) is 49.9 Å². The first-order valence-corrected chi connectivity index (χ1v) is 8.55. The van der Waals surface area contributed by atoms with Crippen molar-refractivity contribution in [3.8, 4) is 0 Å². The van der Waals surface area contributed by atoms with Crippen LogP contribution in [0.3, 0.4) is 0 Å². The molecule has 0 unspecified atom stereocenters. The highest BCUT2D eigenvalue weighted by molar-refractivity contribution is 5.95. The van der Waals surface area contributed by atoms with Crippen LogP contribution < -0.4 is 16.0 Å². The average molecular weight is 316 g/mol. The Morgan fingerprint density at radius 2 is 2.04 bits per heavy atom. The van der Waals surface area contributed by atoms with Crippen LogP contribution >= 0.6 is 0 Å². The number of fused-ring (bicyclic) bond motifs is 1. The molecule has 2 fully saturated rings. The number of hydrogen-bond donors (Lipinski definition) is 3. The van der Waals surface area contributed by atoms with Crippen LogP contribution in [0.5, 0.6) is 0 Å². The Kier molecular flexibility index (Phi) is 4.66. The van der Waals surface area contributed by atoms with E-state index in [9.17, 15) is 9.59 Å². The molecule has 3 rings (SSSR count). The molecule has 4 N–H and O–H groups in total. The third-order valence-corrected chi connectivity index (χ3v) is 5.16. The van der Waals surface area contributed by atoms with E-state index in [0.29, 0.717) is 6.04 Å². The minimum atomic E-state index is -0.305. The summed E-state index contributed by atoms with van der Waals surface area (Å²) in [5.41, 5.74) is 3.14. The molecule has 3 atom stereocenters. The lowest BCUT2D eigenvalue weighted by atomic mass is 9.87. The zero-order valence-corrected chi connectivity index (χ0v) is 13.9. The van der Waals surface area contributed by atoms with Gasteiger partial charge in [0.05, 0.1) is 12.5 Å². The van der Waals surface area contributed by atoms with Crippen LogP contribution in [-0.4, -0.2) is 29.9 Å². The number of carbonyl (C=O) groups excluding carboxylic acids is 2. The summed E-state index contributed by atoms with van der Waals surface area (Å²) in [6.45, 7) is 4.07.